The van der Waals surface area contributed by atoms with Gasteiger partial charge in [-0.3, -0.25) is 0 Å². The fraction of sp³-hybridized carbons (Fsp3) is 0.455. The number of alkyl halides is 3. The summed E-state index contributed by atoms with van der Waals surface area (Å²) in [6.45, 7) is 0.449. The van der Waals surface area contributed by atoms with E-state index in [4.69, 9.17) is 23.1 Å². The highest BCUT2D eigenvalue weighted by Crippen LogP contribution is 2.34. The molecule has 17 heavy (non-hydrogen) atoms. The second-order valence-electron chi connectivity index (χ2n) is 3.77. The molecule has 1 rings (SSSR count). The third kappa shape index (κ3) is 3.87. The van der Waals surface area contributed by atoms with Gasteiger partial charge in [-0.05, 0) is 43.1 Å². The van der Waals surface area contributed by atoms with Gasteiger partial charge in [0.25, 0.3) is 0 Å². The first kappa shape index (κ1) is 14.3. The predicted octanol–water partition coefficient (Wildman–Crippen LogP) is 3.10. The monoisotopic (exact) mass is 266 g/mol. The van der Waals surface area contributed by atoms with Crippen molar-refractivity contribution in [1.82, 2.24) is 0 Å². The highest BCUT2D eigenvalue weighted by atomic mass is 35.5. The molecule has 96 valence electrons. The van der Waals surface area contributed by atoms with Gasteiger partial charge >= 0.3 is 6.18 Å². The van der Waals surface area contributed by atoms with Crippen LogP contribution < -0.4 is 11.5 Å². The first-order valence-electron chi connectivity index (χ1n) is 5.18. The van der Waals surface area contributed by atoms with Crippen LogP contribution in [0.25, 0.3) is 0 Å². The molecule has 0 amide bonds. The molecule has 0 unspecified atom stereocenters. The van der Waals surface area contributed by atoms with E-state index in [-0.39, 0.29) is 5.02 Å². The minimum Gasteiger partial charge on any atom is -0.330 e. The Hall–Kier alpha value is -0.780. The third-order valence-electron chi connectivity index (χ3n) is 2.44. The maximum atomic E-state index is 12.5. The third-order valence-corrected chi connectivity index (χ3v) is 2.79. The number of hydrogen-bond acceptors (Lipinski definition) is 2. The lowest BCUT2D eigenvalue weighted by atomic mass is 10.0. The molecular formula is C11H14ClF3N2. The molecule has 0 saturated carbocycles. The summed E-state index contributed by atoms with van der Waals surface area (Å²) < 4.78 is 37.5. The van der Waals surface area contributed by atoms with E-state index in [2.05, 4.69) is 0 Å². The highest BCUT2D eigenvalue weighted by Gasteiger charge is 2.31. The highest BCUT2D eigenvalue weighted by molar-refractivity contribution is 6.31. The number of rotatable bonds is 4. The van der Waals surface area contributed by atoms with Gasteiger partial charge in [0.05, 0.1) is 5.56 Å². The van der Waals surface area contributed by atoms with Gasteiger partial charge < -0.3 is 11.5 Å². The first-order chi connectivity index (χ1) is 7.86. The standard InChI is InChI=1S/C11H14ClF3N2/c12-9-4-3-7(11(13,14)15)6-8(9)10(17)2-1-5-16/h3-4,6,10H,1-2,5,16-17H2/t10-/m0/s1. The summed E-state index contributed by atoms with van der Waals surface area (Å²) in [4.78, 5) is 0. The van der Waals surface area contributed by atoms with Crippen LogP contribution in [0.5, 0.6) is 0 Å². The lowest BCUT2D eigenvalue weighted by molar-refractivity contribution is -0.137. The van der Waals surface area contributed by atoms with Crippen molar-refractivity contribution < 1.29 is 13.2 Å². The Morgan fingerprint density at radius 3 is 2.47 bits per heavy atom. The Balaban J connectivity index is 2.98. The maximum Gasteiger partial charge on any atom is 0.416 e. The van der Waals surface area contributed by atoms with E-state index < -0.39 is 17.8 Å². The SMILES string of the molecule is NCCC[C@H](N)c1cc(C(F)(F)F)ccc1Cl. The molecule has 1 atom stereocenters. The van der Waals surface area contributed by atoms with Crippen molar-refractivity contribution in [3.05, 3.63) is 34.3 Å². The van der Waals surface area contributed by atoms with Gasteiger partial charge in [-0.1, -0.05) is 11.6 Å². The lowest BCUT2D eigenvalue weighted by Gasteiger charge is -2.15. The Morgan fingerprint density at radius 2 is 1.94 bits per heavy atom. The number of nitrogens with two attached hydrogens (primary N) is 2. The van der Waals surface area contributed by atoms with Crippen molar-refractivity contribution in [3.8, 4) is 0 Å². The second-order valence-corrected chi connectivity index (χ2v) is 4.18. The molecular weight excluding hydrogens is 253 g/mol. The van der Waals surface area contributed by atoms with Gasteiger partial charge in [0, 0.05) is 11.1 Å². The van der Waals surface area contributed by atoms with E-state index in [1.54, 1.807) is 0 Å². The minimum atomic E-state index is -4.38. The molecule has 0 aliphatic heterocycles. The Morgan fingerprint density at radius 1 is 1.29 bits per heavy atom. The second kappa shape index (κ2) is 5.71. The molecule has 2 nitrogen and oxygen atoms in total. The van der Waals surface area contributed by atoms with Gasteiger partial charge in [0.1, 0.15) is 0 Å². The van der Waals surface area contributed by atoms with Crippen LogP contribution in [0.3, 0.4) is 0 Å². The molecule has 1 aromatic carbocycles. The summed E-state index contributed by atoms with van der Waals surface area (Å²) in [5, 5.41) is 0.252. The number of benzene rings is 1. The van der Waals surface area contributed by atoms with Crippen LogP contribution in [0.15, 0.2) is 18.2 Å². The van der Waals surface area contributed by atoms with Crippen LogP contribution in [0.4, 0.5) is 13.2 Å². The first-order valence-corrected chi connectivity index (χ1v) is 5.56. The molecule has 0 aromatic heterocycles. The van der Waals surface area contributed by atoms with Crippen LogP contribution in [0.1, 0.15) is 30.0 Å². The summed E-state index contributed by atoms with van der Waals surface area (Å²) in [5.41, 5.74) is 10.7. The number of halogens is 4. The van der Waals surface area contributed by atoms with Crippen LogP contribution in [0.2, 0.25) is 5.02 Å². The van der Waals surface area contributed by atoms with E-state index in [0.717, 1.165) is 12.1 Å². The van der Waals surface area contributed by atoms with Crippen LogP contribution in [-0.4, -0.2) is 6.54 Å². The van der Waals surface area contributed by atoms with Gasteiger partial charge in [0.2, 0.25) is 0 Å². The zero-order valence-corrected chi connectivity index (χ0v) is 9.85. The average Bonchev–Trinajstić information content (AvgIpc) is 2.24. The fourth-order valence-electron chi connectivity index (χ4n) is 1.50. The van der Waals surface area contributed by atoms with E-state index in [0.29, 0.717) is 24.9 Å². The summed E-state index contributed by atoms with van der Waals surface area (Å²) in [6, 6.07) is 2.65. The van der Waals surface area contributed by atoms with Gasteiger partial charge in [-0.25, -0.2) is 0 Å². The van der Waals surface area contributed by atoms with Gasteiger partial charge in [-0.15, -0.1) is 0 Å². The number of hydrogen-bond donors (Lipinski definition) is 2. The molecule has 0 radical (unpaired) electrons. The van der Waals surface area contributed by atoms with Crippen LogP contribution in [-0.2, 0) is 6.18 Å². The molecule has 1 aromatic rings. The van der Waals surface area contributed by atoms with Gasteiger partial charge in [0.15, 0.2) is 0 Å². The smallest absolute Gasteiger partial charge is 0.330 e. The summed E-state index contributed by atoms with van der Waals surface area (Å²) in [7, 11) is 0. The maximum absolute atomic E-state index is 12.5. The molecule has 4 N–H and O–H groups in total. The van der Waals surface area contributed by atoms with Crippen LogP contribution >= 0.6 is 11.6 Å². The van der Waals surface area contributed by atoms with E-state index in [1.165, 1.54) is 6.07 Å². The molecule has 0 spiro atoms. The zero-order chi connectivity index (χ0) is 13.1. The van der Waals surface area contributed by atoms with Gasteiger partial charge in [-0.2, -0.15) is 13.2 Å². The summed E-state index contributed by atoms with van der Waals surface area (Å²) in [6.07, 6.45) is -3.22. The zero-order valence-electron chi connectivity index (χ0n) is 9.10. The molecule has 0 bridgehead atoms. The molecule has 0 fully saturated rings. The predicted molar refractivity (Wildman–Crippen MR) is 61.7 cm³/mol. The van der Waals surface area contributed by atoms with E-state index in [1.807, 2.05) is 0 Å². The van der Waals surface area contributed by atoms with E-state index >= 15 is 0 Å². The van der Waals surface area contributed by atoms with Crippen molar-refractivity contribution >= 4 is 11.6 Å². The minimum absolute atomic E-state index is 0.252. The molecule has 6 heteroatoms. The Labute approximate surface area is 103 Å². The molecule has 0 heterocycles. The van der Waals surface area contributed by atoms with Crippen molar-refractivity contribution in [1.29, 1.82) is 0 Å². The summed E-state index contributed by atoms with van der Waals surface area (Å²) in [5.74, 6) is 0. The average molecular weight is 267 g/mol. The van der Waals surface area contributed by atoms with Crippen molar-refractivity contribution in [2.24, 2.45) is 11.5 Å². The topological polar surface area (TPSA) is 52.0 Å². The quantitative estimate of drug-likeness (QED) is 0.880. The Bertz CT molecular complexity index is 379. The van der Waals surface area contributed by atoms with Crippen LogP contribution in [0, 0.1) is 0 Å². The van der Waals surface area contributed by atoms with E-state index in [9.17, 15) is 13.2 Å². The van der Waals surface area contributed by atoms with Crippen molar-refractivity contribution in [3.63, 3.8) is 0 Å². The molecule has 0 saturated heterocycles. The lowest BCUT2D eigenvalue weighted by Crippen LogP contribution is -2.14. The molecule has 0 aliphatic carbocycles. The Kier molecular flexibility index (Phi) is 4.80. The largest absolute Gasteiger partial charge is 0.416 e. The summed E-state index contributed by atoms with van der Waals surface area (Å²) >= 11 is 5.84. The van der Waals surface area contributed by atoms with Crippen molar-refractivity contribution in [2.45, 2.75) is 25.1 Å². The normalized spacial score (nSPS) is 13.8. The molecule has 0 aliphatic rings. The van der Waals surface area contributed by atoms with Crippen molar-refractivity contribution in [2.75, 3.05) is 6.54 Å². The fourth-order valence-corrected chi connectivity index (χ4v) is 1.76.